The summed E-state index contributed by atoms with van der Waals surface area (Å²) in [6.45, 7) is 8.80. The molecule has 2 rings (SSSR count). The Kier molecular flexibility index (Phi) is 3.69. The Bertz CT molecular complexity index is 614. The van der Waals surface area contributed by atoms with E-state index in [0.29, 0.717) is 5.69 Å². The Morgan fingerprint density at radius 3 is 2.53 bits per heavy atom. The predicted octanol–water partition coefficient (Wildman–Crippen LogP) is 3.08. The van der Waals surface area contributed by atoms with Gasteiger partial charge in [-0.05, 0) is 57.0 Å². The monoisotopic (exact) mass is 257 g/mol. The number of nitrogens with one attached hydrogen (secondary N) is 1. The third kappa shape index (κ3) is 2.84. The lowest BCUT2D eigenvalue weighted by Gasteiger charge is -2.06. The van der Waals surface area contributed by atoms with Crippen LogP contribution in [0.1, 0.15) is 34.2 Å². The summed E-state index contributed by atoms with van der Waals surface area (Å²) in [6.07, 6.45) is 0. The maximum atomic E-state index is 12.1. The van der Waals surface area contributed by atoms with Gasteiger partial charge in [-0.3, -0.25) is 9.48 Å². The van der Waals surface area contributed by atoms with E-state index in [1.165, 1.54) is 5.56 Å². The molecule has 4 heteroatoms. The molecule has 1 heterocycles. The quantitative estimate of drug-likeness (QED) is 0.918. The minimum atomic E-state index is -0.168. The van der Waals surface area contributed by atoms with E-state index in [-0.39, 0.29) is 5.91 Å². The Labute approximate surface area is 113 Å². The van der Waals surface area contributed by atoms with Crippen LogP contribution in [0.2, 0.25) is 0 Å². The Hall–Kier alpha value is -2.10. The number of carbonyl (C=O) groups excluding carboxylic acids is 1. The van der Waals surface area contributed by atoms with Crippen LogP contribution in [0.4, 0.5) is 5.69 Å². The van der Waals surface area contributed by atoms with E-state index < -0.39 is 0 Å². The minimum absolute atomic E-state index is 0.168. The van der Waals surface area contributed by atoms with Gasteiger partial charge < -0.3 is 5.32 Å². The molecule has 0 spiro atoms. The number of amides is 1. The molecule has 1 aromatic heterocycles. The van der Waals surface area contributed by atoms with Crippen molar-refractivity contribution >= 4 is 11.6 Å². The third-order valence-electron chi connectivity index (χ3n) is 3.28. The molecule has 2 aromatic rings. The van der Waals surface area contributed by atoms with E-state index in [2.05, 4.69) is 10.4 Å². The van der Waals surface area contributed by atoms with E-state index >= 15 is 0 Å². The average Bonchev–Trinajstić information content (AvgIpc) is 2.75. The first-order valence-corrected chi connectivity index (χ1v) is 6.44. The highest BCUT2D eigenvalue weighted by Crippen LogP contribution is 2.15. The lowest BCUT2D eigenvalue weighted by Crippen LogP contribution is -2.13. The highest BCUT2D eigenvalue weighted by atomic mass is 16.1. The van der Waals surface area contributed by atoms with Gasteiger partial charge in [0.25, 0.3) is 5.91 Å². The first kappa shape index (κ1) is 13.3. The summed E-state index contributed by atoms with van der Waals surface area (Å²) in [5.74, 6) is -0.168. The molecule has 0 fully saturated rings. The van der Waals surface area contributed by atoms with Crippen LogP contribution in [0.3, 0.4) is 0 Å². The maximum Gasteiger partial charge on any atom is 0.276 e. The predicted molar refractivity (Wildman–Crippen MR) is 76.5 cm³/mol. The van der Waals surface area contributed by atoms with Gasteiger partial charge in [0.1, 0.15) is 0 Å². The number of hydrogen-bond acceptors (Lipinski definition) is 2. The van der Waals surface area contributed by atoms with E-state index in [1.807, 2.05) is 50.6 Å². The average molecular weight is 257 g/mol. The number of anilines is 1. The number of benzene rings is 1. The molecule has 0 aliphatic rings. The SMILES string of the molecule is CCn1nc(C(=O)Nc2ccc(C)c(C)c2)cc1C. The molecule has 0 unspecified atom stereocenters. The van der Waals surface area contributed by atoms with Crippen molar-refractivity contribution in [2.45, 2.75) is 34.2 Å². The largest absolute Gasteiger partial charge is 0.321 e. The molecule has 4 nitrogen and oxygen atoms in total. The molecule has 0 aliphatic carbocycles. The number of rotatable bonds is 3. The molecule has 0 atom stereocenters. The van der Waals surface area contributed by atoms with Crippen LogP contribution in [0.25, 0.3) is 0 Å². The van der Waals surface area contributed by atoms with Crippen LogP contribution in [-0.2, 0) is 6.54 Å². The highest BCUT2D eigenvalue weighted by molar-refractivity contribution is 6.02. The normalized spacial score (nSPS) is 10.5. The van der Waals surface area contributed by atoms with Gasteiger partial charge in [0, 0.05) is 17.9 Å². The molecule has 1 N–H and O–H groups in total. The van der Waals surface area contributed by atoms with Crippen LogP contribution >= 0.6 is 0 Å². The number of nitrogens with zero attached hydrogens (tertiary/aromatic N) is 2. The zero-order chi connectivity index (χ0) is 14.0. The summed E-state index contributed by atoms with van der Waals surface area (Å²) in [5.41, 5.74) is 4.62. The molecule has 100 valence electrons. The molecular formula is C15H19N3O. The Morgan fingerprint density at radius 2 is 1.95 bits per heavy atom. The first-order valence-electron chi connectivity index (χ1n) is 6.44. The minimum Gasteiger partial charge on any atom is -0.321 e. The smallest absolute Gasteiger partial charge is 0.276 e. The summed E-state index contributed by atoms with van der Waals surface area (Å²) < 4.78 is 1.81. The van der Waals surface area contributed by atoms with Crippen molar-refractivity contribution in [3.8, 4) is 0 Å². The van der Waals surface area contributed by atoms with Crippen molar-refractivity contribution in [3.63, 3.8) is 0 Å². The van der Waals surface area contributed by atoms with Gasteiger partial charge in [0.05, 0.1) is 0 Å². The fourth-order valence-corrected chi connectivity index (χ4v) is 1.96. The zero-order valence-electron chi connectivity index (χ0n) is 11.8. The van der Waals surface area contributed by atoms with Crippen LogP contribution in [0, 0.1) is 20.8 Å². The number of aryl methyl sites for hydroxylation is 4. The molecule has 0 saturated heterocycles. The van der Waals surface area contributed by atoms with Crippen molar-refractivity contribution in [2.24, 2.45) is 0 Å². The second-order valence-electron chi connectivity index (χ2n) is 4.74. The van der Waals surface area contributed by atoms with Gasteiger partial charge in [-0.1, -0.05) is 6.07 Å². The standard InChI is InChI=1S/C15H19N3O/c1-5-18-12(4)9-14(17-18)15(19)16-13-7-6-10(2)11(3)8-13/h6-9H,5H2,1-4H3,(H,16,19). The number of carbonyl (C=O) groups is 1. The first-order chi connectivity index (χ1) is 9.01. The molecule has 1 aromatic carbocycles. The molecular weight excluding hydrogens is 238 g/mol. The molecule has 0 bridgehead atoms. The van der Waals surface area contributed by atoms with Crippen LogP contribution in [0.15, 0.2) is 24.3 Å². The highest BCUT2D eigenvalue weighted by Gasteiger charge is 2.12. The fourth-order valence-electron chi connectivity index (χ4n) is 1.96. The molecule has 0 saturated carbocycles. The topological polar surface area (TPSA) is 46.9 Å². The maximum absolute atomic E-state index is 12.1. The van der Waals surface area contributed by atoms with Crippen molar-refractivity contribution in [3.05, 3.63) is 46.8 Å². The molecule has 0 radical (unpaired) electrons. The molecule has 19 heavy (non-hydrogen) atoms. The summed E-state index contributed by atoms with van der Waals surface area (Å²) in [6, 6.07) is 7.68. The summed E-state index contributed by atoms with van der Waals surface area (Å²) in [7, 11) is 0. The van der Waals surface area contributed by atoms with Crippen LogP contribution in [0.5, 0.6) is 0 Å². The number of aromatic nitrogens is 2. The zero-order valence-corrected chi connectivity index (χ0v) is 11.8. The Balaban J connectivity index is 2.18. The third-order valence-corrected chi connectivity index (χ3v) is 3.28. The van der Waals surface area contributed by atoms with Gasteiger partial charge in [0.2, 0.25) is 0 Å². The second-order valence-corrected chi connectivity index (χ2v) is 4.74. The lowest BCUT2D eigenvalue weighted by molar-refractivity contribution is 0.102. The van der Waals surface area contributed by atoms with Gasteiger partial charge in [-0.15, -0.1) is 0 Å². The fraction of sp³-hybridized carbons (Fsp3) is 0.333. The Morgan fingerprint density at radius 1 is 1.21 bits per heavy atom. The number of hydrogen-bond donors (Lipinski definition) is 1. The van der Waals surface area contributed by atoms with Crippen molar-refractivity contribution in [1.82, 2.24) is 9.78 Å². The summed E-state index contributed by atoms with van der Waals surface area (Å²) in [4.78, 5) is 12.1. The summed E-state index contributed by atoms with van der Waals surface area (Å²) >= 11 is 0. The molecule has 0 aliphatic heterocycles. The second kappa shape index (κ2) is 5.26. The van der Waals surface area contributed by atoms with Crippen molar-refractivity contribution in [2.75, 3.05) is 5.32 Å². The van der Waals surface area contributed by atoms with Gasteiger partial charge >= 0.3 is 0 Å². The summed E-state index contributed by atoms with van der Waals surface area (Å²) in [5, 5.41) is 7.15. The van der Waals surface area contributed by atoms with Crippen molar-refractivity contribution in [1.29, 1.82) is 0 Å². The van der Waals surface area contributed by atoms with Crippen LogP contribution in [-0.4, -0.2) is 15.7 Å². The lowest BCUT2D eigenvalue weighted by atomic mass is 10.1. The van der Waals surface area contributed by atoms with E-state index in [0.717, 1.165) is 23.5 Å². The van der Waals surface area contributed by atoms with Crippen LogP contribution < -0.4 is 5.32 Å². The van der Waals surface area contributed by atoms with E-state index in [4.69, 9.17) is 0 Å². The van der Waals surface area contributed by atoms with Gasteiger partial charge in [-0.2, -0.15) is 5.10 Å². The van der Waals surface area contributed by atoms with Crippen molar-refractivity contribution < 1.29 is 4.79 Å². The molecule has 1 amide bonds. The van der Waals surface area contributed by atoms with Gasteiger partial charge in [-0.25, -0.2) is 0 Å². The van der Waals surface area contributed by atoms with Gasteiger partial charge in [0.15, 0.2) is 5.69 Å². The van der Waals surface area contributed by atoms with E-state index in [9.17, 15) is 4.79 Å². The van der Waals surface area contributed by atoms with E-state index in [1.54, 1.807) is 6.07 Å².